The lowest BCUT2D eigenvalue weighted by atomic mass is 10.1. The summed E-state index contributed by atoms with van der Waals surface area (Å²) >= 11 is 0. The Hall–Kier alpha value is -3.02. The van der Waals surface area contributed by atoms with Crippen LogP contribution < -0.4 is 0 Å². The van der Waals surface area contributed by atoms with Gasteiger partial charge in [0.05, 0.1) is 6.54 Å². The van der Waals surface area contributed by atoms with Crippen LogP contribution in [-0.2, 0) is 13.1 Å². The predicted octanol–water partition coefficient (Wildman–Crippen LogP) is 4.12. The van der Waals surface area contributed by atoms with E-state index in [0.717, 1.165) is 35.5 Å². The summed E-state index contributed by atoms with van der Waals surface area (Å²) in [5.41, 5.74) is 2.70. The Morgan fingerprint density at radius 3 is 2.93 bits per heavy atom. The third-order valence-corrected chi connectivity index (χ3v) is 4.43. The van der Waals surface area contributed by atoms with E-state index in [2.05, 4.69) is 23.5 Å². The number of carbonyl (C=O) groups is 1. The van der Waals surface area contributed by atoms with Crippen LogP contribution >= 0.6 is 0 Å². The highest BCUT2D eigenvalue weighted by Crippen LogP contribution is 2.19. The van der Waals surface area contributed by atoms with Crippen molar-refractivity contribution >= 4 is 17.1 Å². The van der Waals surface area contributed by atoms with Gasteiger partial charge in [0, 0.05) is 24.8 Å². The number of rotatable bonds is 7. The van der Waals surface area contributed by atoms with E-state index in [1.54, 1.807) is 30.2 Å². The fraction of sp³-hybridized carbons (Fsp3) is 0.286. The quantitative estimate of drug-likeness (QED) is 0.591. The molecule has 0 bridgehead atoms. The maximum absolute atomic E-state index is 13.7. The van der Waals surface area contributed by atoms with E-state index in [1.807, 2.05) is 16.7 Å². The van der Waals surface area contributed by atoms with Gasteiger partial charge in [0.2, 0.25) is 0 Å². The lowest BCUT2D eigenvalue weighted by Gasteiger charge is -2.22. The highest BCUT2D eigenvalue weighted by atomic mass is 19.1. The van der Waals surface area contributed by atoms with Crippen LogP contribution in [0, 0.1) is 12.7 Å². The lowest BCUT2D eigenvalue weighted by Crippen LogP contribution is -2.32. The SMILES string of the molecule is C=CCN(Cc1nc2cccnc2n1CCC)C(=O)c1cc(F)ccc1C. The van der Waals surface area contributed by atoms with Crippen molar-refractivity contribution in [3.8, 4) is 0 Å². The van der Waals surface area contributed by atoms with Crippen LogP contribution in [0.4, 0.5) is 4.39 Å². The second kappa shape index (κ2) is 8.12. The maximum atomic E-state index is 13.7. The molecule has 0 spiro atoms. The van der Waals surface area contributed by atoms with E-state index in [1.165, 1.54) is 12.1 Å². The number of imidazole rings is 1. The molecule has 140 valence electrons. The van der Waals surface area contributed by atoms with Crippen molar-refractivity contribution in [2.24, 2.45) is 0 Å². The zero-order valence-electron chi connectivity index (χ0n) is 15.7. The molecule has 0 atom stereocenters. The van der Waals surface area contributed by atoms with Crippen LogP contribution in [0.25, 0.3) is 11.2 Å². The number of hydrogen-bond donors (Lipinski definition) is 0. The van der Waals surface area contributed by atoms with Gasteiger partial charge < -0.3 is 9.47 Å². The number of amides is 1. The normalized spacial score (nSPS) is 10.9. The Bertz CT molecular complexity index is 979. The van der Waals surface area contributed by atoms with E-state index in [-0.39, 0.29) is 5.91 Å². The molecule has 0 radical (unpaired) electrons. The van der Waals surface area contributed by atoms with Crippen molar-refractivity contribution in [1.82, 2.24) is 19.4 Å². The molecule has 27 heavy (non-hydrogen) atoms. The molecule has 0 aliphatic carbocycles. The third kappa shape index (κ3) is 3.89. The number of aromatic nitrogens is 3. The second-order valence-electron chi connectivity index (χ2n) is 6.46. The number of fused-ring (bicyclic) bond motifs is 1. The summed E-state index contributed by atoms with van der Waals surface area (Å²) in [5, 5.41) is 0. The van der Waals surface area contributed by atoms with Crippen LogP contribution in [0.1, 0.15) is 35.1 Å². The van der Waals surface area contributed by atoms with Crippen LogP contribution in [0.15, 0.2) is 49.2 Å². The van der Waals surface area contributed by atoms with E-state index >= 15 is 0 Å². The third-order valence-electron chi connectivity index (χ3n) is 4.43. The minimum Gasteiger partial charge on any atom is -0.327 e. The van der Waals surface area contributed by atoms with Gasteiger partial charge in [0.25, 0.3) is 5.91 Å². The number of benzene rings is 1. The molecule has 5 nitrogen and oxygen atoms in total. The van der Waals surface area contributed by atoms with Gasteiger partial charge in [-0.3, -0.25) is 4.79 Å². The topological polar surface area (TPSA) is 51.0 Å². The Balaban J connectivity index is 1.98. The van der Waals surface area contributed by atoms with Crippen LogP contribution in [0.3, 0.4) is 0 Å². The Kier molecular flexibility index (Phi) is 5.64. The van der Waals surface area contributed by atoms with Gasteiger partial charge in [-0.05, 0) is 43.2 Å². The van der Waals surface area contributed by atoms with Gasteiger partial charge in [-0.25, -0.2) is 14.4 Å². The Morgan fingerprint density at radius 2 is 2.19 bits per heavy atom. The van der Waals surface area contributed by atoms with Crippen molar-refractivity contribution in [1.29, 1.82) is 0 Å². The first-order valence-corrected chi connectivity index (χ1v) is 9.01. The van der Waals surface area contributed by atoms with Crippen LogP contribution in [-0.4, -0.2) is 31.9 Å². The fourth-order valence-electron chi connectivity index (χ4n) is 3.13. The van der Waals surface area contributed by atoms with Gasteiger partial charge in [0.15, 0.2) is 5.65 Å². The molecule has 0 unspecified atom stereocenters. The van der Waals surface area contributed by atoms with Gasteiger partial charge in [0.1, 0.15) is 17.2 Å². The first-order valence-electron chi connectivity index (χ1n) is 9.01. The molecule has 6 heteroatoms. The summed E-state index contributed by atoms with van der Waals surface area (Å²) in [4.78, 5) is 23.8. The van der Waals surface area contributed by atoms with Gasteiger partial charge in [-0.15, -0.1) is 6.58 Å². The first kappa shape index (κ1) is 18.8. The van der Waals surface area contributed by atoms with E-state index in [9.17, 15) is 9.18 Å². The molecule has 0 saturated carbocycles. The number of carbonyl (C=O) groups excluding carboxylic acids is 1. The van der Waals surface area contributed by atoms with Crippen molar-refractivity contribution < 1.29 is 9.18 Å². The Morgan fingerprint density at radius 1 is 1.37 bits per heavy atom. The van der Waals surface area contributed by atoms with Crippen molar-refractivity contribution in [2.45, 2.75) is 33.4 Å². The highest BCUT2D eigenvalue weighted by molar-refractivity contribution is 5.95. The molecule has 0 aliphatic heterocycles. The van der Waals surface area contributed by atoms with Crippen LogP contribution in [0.2, 0.25) is 0 Å². The van der Waals surface area contributed by atoms with Gasteiger partial charge in [-0.2, -0.15) is 0 Å². The summed E-state index contributed by atoms with van der Waals surface area (Å²) in [6.45, 7) is 9.05. The molecule has 2 aromatic heterocycles. The summed E-state index contributed by atoms with van der Waals surface area (Å²) in [6, 6.07) is 8.01. The van der Waals surface area contributed by atoms with Gasteiger partial charge >= 0.3 is 0 Å². The van der Waals surface area contributed by atoms with Crippen molar-refractivity contribution in [3.05, 3.63) is 72.0 Å². The van der Waals surface area contributed by atoms with E-state index < -0.39 is 5.82 Å². The van der Waals surface area contributed by atoms with Crippen molar-refractivity contribution in [3.63, 3.8) is 0 Å². The molecule has 2 heterocycles. The molecular formula is C21H23FN4O. The number of halogens is 1. The number of hydrogen-bond acceptors (Lipinski definition) is 3. The monoisotopic (exact) mass is 366 g/mol. The molecule has 0 fully saturated rings. The summed E-state index contributed by atoms with van der Waals surface area (Å²) < 4.78 is 15.7. The van der Waals surface area contributed by atoms with Crippen LogP contribution in [0.5, 0.6) is 0 Å². The van der Waals surface area contributed by atoms with E-state index in [0.29, 0.717) is 18.7 Å². The number of pyridine rings is 1. The largest absolute Gasteiger partial charge is 0.327 e. The van der Waals surface area contributed by atoms with Crippen molar-refractivity contribution in [2.75, 3.05) is 6.54 Å². The van der Waals surface area contributed by atoms with E-state index in [4.69, 9.17) is 0 Å². The lowest BCUT2D eigenvalue weighted by molar-refractivity contribution is 0.0756. The second-order valence-corrected chi connectivity index (χ2v) is 6.46. The predicted molar refractivity (Wildman–Crippen MR) is 104 cm³/mol. The first-order chi connectivity index (χ1) is 13.0. The minimum atomic E-state index is -0.426. The molecular weight excluding hydrogens is 343 g/mol. The summed E-state index contributed by atoms with van der Waals surface area (Å²) in [5.74, 6) is 0.0923. The fourth-order valence-corrected chi connectivity index (χ4v) is 3.13. The molecule has 0 saturated heterocycles. The average Bonchev–Trinajstić information content (AvgIpc) is 3.00. The molecule has 3 aromatic rings. The highest BCUT2D eigenvalue weighted by Gasteiger charge is 2.21. The maximum Gasteiger partial charge on any atom is 0.254 e. The number of aryl methyl sites for hydroxylation is 2. The summed E-state index contributed by atoms with van der Waals surface area (Å²) in [7, 11) is 0. The average molecular weight is 366 g/mol. The number of nitrogens with zero attached hydrogens (tertiary/aromatic N) is 4. The standard InChI is InChI=1S/C21H23FN4O/c1-4-11-25(21(27)17-13-16(22)9-8-15(17)3)14-19-24-18-7-6-10-23-20(18)26(19)12-5-2/h4,6-10,13H,1,5,11-12,14H2,2-3H3. The van der Waals surface area contributed by atoms with Gasteiger partial charge in [-0.1, -0.05) is 19.1 Å². The smallest absolute Gasteiger partial charge is 0.254 e. The molecule has 1 aromatic carbocycles. The minimum absolute atomic E-state index is 0.241. The zero-order valence-corrected chi connectivity index (χ0v) is 15.7. The molecule has 0 aliphatic rings. The molecule has 1 amide bonds. The molecule has 3 rings (SSSR count). The summed E-state index contributed by atoms with van der Waals surface area (Å²) in [6.07, 6.45) is 4.33. The molecule has 0 N–H and O–H groups in total. The Labute approximate surface area is 158 Å². The zero-order chi connectivity index (χ0) is 19.4.